The van der Waals surface area contributed by atoms with E-state index >= 15 is 0 Å². The van der Waals surface area contributed by atoms with Crippen LogP contribution in [-0.2, 0) is 14.3 Å². The fourth-order valence-corrected chi connectivity index (χ4v) is 4.80. The van der Waals surface area contributed by atoms with Crippen molar-refractivity contribution < 1.29 is 19.4 Å². The van der Waals surface area contributed by atoms with Gasteiger partial charge in [-0.25, -0.2) is 0 Å². The van der Waals surface area contributed by atoms with Crippen molar-refractivity contribution >= 4 is 44.7 Å². The predicted molar refractivity (Wildman–Crippen MR) is 115 cm³/mol. The highest BCUT2D eigenvalue weighted by atomic mass is 79.9. The number of ketones is 1. The second kappa shape index (κ2) is 8.79. The molecule has 1 aromatic carbocycles. The molecule has 2 saturated heterocycles. The second-order valence-electron chi connectivity index (χ2n) is 6.97. The Hall–Kier alpha value is -2.00. The summed E-state index contributed by atoms with van der Waals surface area (Å²) in [5, 5.41) is 12.9. The Morgan fingerprint density at radius 2 is 1.86 bits per heavy atom. The molecular formula is C21H21BrN2O4S. The fourth-order valence-electron chi connectivity index (χ4n) is 3.69. The van der Waals surface area contributed by atoms with Gasteiger partial charge in [0, 0.05) is 41.1 Å². The van der Waals surface area contributed by atoms with E-state index in [4.69, 9.17) is 4.74 Å². The highest BCUT2D eigenvalue weighted by molar-refractivity contribution is 9.10. The molecular weight excluding hydrogens is 456 g/mol. The molecule has 0 radical (unpaired) electrons. The summed E-state index contributed by atoms with van der Waals surface area (Å²) in [5.41, 5.74) is 0.669. The molecule has 152 valence electrons. The summed E-state index contributed by atoms with van der Waals surface area (Å²) in [7, 11) is 0. The van der Waals surface area contributed by atoms with Crippen molar-refractivity contribution in [2.45, 2.75) is 6.04 Å². The van der Waals surface area contributed by atoms with Crippen LogP contribution in [0.15, 0.2) is 51.8 Å². The van der Waals surface area contributed by atoms with Gasteiger partial charge in [0.05, 0.1) is 24.8 Å². The molecule has 3 heterocycles. The van der Waals surface area contributed by atoms with Crippen LogP contribution < -0.4 is 0 Å². The zero-order chi connectivity index (χ0) is 20.4. The number of morpholine rings is 1. The highest BCUT2D eigenvalue weighted by Gasteiger charge is 2.46. The van der Waals surface area contributed by atoms with Gasteiger partial charge in [0.2, 0.25) is 0 Å². The molecule has 0 saturated carbocycles. The lowest BCUT2D eigenvalue weighted by Crippen LogP contribution is -2.42. The van der Waals surface area contributed by atoms with Gasteiger partial charge in [0.1, 0.15) is 5.76 Å². The van der Waals surface area contributed by atoms with E-state index in [1.807, 2.05) is 17.5 Å². The molecule has 0 bridgehead atoms. The molecule has 1 aromatic heterocycles. The number of aliphatic hydroxyl groups excluding tert-OH is 1. The molecule has 0 unspecified atom stereocenters. The predicted octanol–water partition coefficient (Wildman–Crippen LogP) is 3.26. The van der Waals surface area contributed by atoms with Gasteiger partial charge in [0.25, 0.3) is 11.7 Å². The average molecular weight is 477 g/mol. The van der Waals surface area contributed by atoms with E-state index in [0.717, 1.165) is 22.4 Å². The van der Waals surface area contributed by atoms with E-state index in [9.17, 15) is 14.7 Å². The average Bonchev–Trinajstić information content (AvgIpc) is 3.35. The van der Waals surface area contributed by atoms with Crippen molar-refractivity contribution in [1.29, 1.82) is 0 Å². The topological polar surface area (TPSA) is 70.1 Å². The molecule has 0 aliphatic carbocycles. The zero-order valence-electron chi connectivity index (χ0n) is 15.7. The molecule has 1 atom stereocenters. The highest BCUT2D eigenvalue weighted by Crippen LogP contribution is 2.41. The number of ether oxygens (including phenoxy) is 1. The molecule has 2 aliphatic rings. The summed E-state index contributed by atoms with van der Waals surface area (Å²) < 4.78 is 6.25. The molecule has 8 heteroatoms. The van der Waals surface area contributed by atoms with E-state index < -0.39 is 17.7 Å². The maximum absolute atomic E-state index is 12.9. The number of nitrogens with zero attached hydrogens (tertiary/aromatic N) is 2. The minimum Gasteiger partial charge on any atom is -0.507 e. The van der Waals surface area contributed by atoms with Gasteiger partial charge in [0.15, 0.2) is 0 Å². The van der Waals surface area contributed by atoms with Crippen LogP contribution in [0.2, 0.25) is 0 Å². The first-order chi connectivity index (χ1) is 14.1. The van der Waals surface area contributed by atoms with Crippen LogP contribution in [0.4, 0.5) is 0 Å². The number of Topliss-reactive ketones (excluding diaryl/α,β-unsaturated/α-hetero) is 1. The Balaban J connectivity index is 1.68. The van der Waals surface area contributed by atoms with E-state index in [1.54, 1.807) is 29.2 Å². The number of amides is 1. The van der Waals surface area contributed by atoms with Crippen LogP contribution in [0, 0.1) is 0 Å². The van der Waals surface area contributed by atoms with Gasteiger partial charge < -0.3 is 14.7 Å². The number of rotatable bonds is 5. The number of likely N-dealkylation sites (tertiary alicyclic amines) is 1. The largest absolute Gasteiger partial charge is 0.507 e. The molecule has 2 aromatic rings. The lowest BCUT2D eigenvalue weighted by Gasteiger charge is -2.30. The van der Waals surface area contributed by atoms with Gasteiger partial charge in [-0.2, -0.15) is 0 Å². The first kappa shape index (κ1) is 20.3. The quantitative estimate of drug-likeness (QED) is 0.407. The van der Waals surface area contributed by atoms with Crippen LogP contribution in [0.25, 0.3) is 5.76 Å². The number of benzene rings is 1. The second-order valence-corrected chi connectivity index (χ2v) is 8.86. The van der Waals surface area contributed by atoms with Gasteiger partial charge in [-0.3, -0.25) is 14.5 Å². The van der Waals surface area contributed by atoms with Crippen LogP contribution >= 0.6 is 27.3 Å². The van der Waals surface area contributed by atoms with Crippen molar-refractivity contribution in [1.82, 2.24) is 9.80 Å². The van der Waals surface area contributed by atoms with Crippen molar-refractivity contribution in [3.8, 4) is 0 Å². The minimum atomic E-state index is -0.634. The smallest absolute Gasteiger partial charge is 0.295 e. The summed E-state index contributed by atoms with van der Waals surface area (Å²) in [6, 6.07) is 10.3. The SMILES string of the molecule is O=C1C(=O)N(CCN2CCOCC2)[C@H](c2cccs2)/C1=C(\O)c1ccc(Br)cc1. The summed E-state index contributed by atoms with van der Waals surface area (Å²) >= 11 is 4.85. The third-order valence-electron chi connectivity index (χ3n) is 5.23. The number of aliphatic hydroxyl groups is 1. The maximum Gasteiger partial charge on any atom is 0.295 e. The van der Waals surface area contributed by atoms with Gasteiger partial charge >= 0.3 is 0 Å². The Morgan fingerprint density at radius 1 is 1.14 bits per heavy atom. The first-order valence-corrected chi connectivity index (χ1v) is 11.1. The van der Waals surface area contributed by atoms with Crippen LogP contribution in [0.3, 0.4) is 0 Å². The summed E-state index contributed by atoms with van der Waals surface area (Å²) in [4.78, 5) is 30.5. The lowest BCUT2D eigenvalue weighted by atomic mass is 10.00. The third kappa shape index (κ3) is 4.16. The molecule has 6 nitrogen and oxygen atoms in total. The normalized spacial score (nSPS) is 22.4. The van der Waals surface area contributed by atoms with Crippen LogP contribution in [-0.4, -0.2) is 66.0 Å². The van der Waals surface area contributed by atoms with Crippen molar-refractivity contribution in [2.75, 3.05) is 39.4 Å². The van der Waals surface area contributed by atoms with Gasteiger partial charge in [-0.15, -0.1) is 11.3 Å². The number of hydrogen-bond donors (Lipinski definition) is 1. The summed E-state index contributed by atoms with van der Waals surface area (Å²) in [6.45, 7) is 4.06. The van der Waals surface area contributed by atoms with Crippen molar-refractivity contribution in [2.24, 2.45) is 0 Å². The number of halogens is 1. The van der Waals surface area contributed by atoms with E-state index in [0.29, 0.717) is 31.9 Å². The molecule has 0 spiro atoms. The third-order valence-corrected chi connectivity index (χ3v) is 6.68. The maximum atomic E-state index is 12.9. The Bertz CT molecular complexity index is 921. The number of carbonyl (C=O) groups is 2. The minimum absolute atomic E-state index is 0.136. The van der Waals surface area contributed by atoms with Gasteiger partial charge in [-0.05, 0) is 23.6 Å². The first-order valence-electron chi connectivity index (χ1n) is 9.44. The molecule has 1 amide bonds. The van der Waals surface area contributed by atoms with Crippen molar-refractivity contribution in [3.05, 3.63) is 62.3 Å². The molecule has 4 rings (SSSR count). The number of carbonyl (C=O) groups excluding carboxylic acids is 2. The standard InChI is InChI=1S/C21H21BrN2O4S/c22-15-5-3-14(4-6-15)19(25)17-18(16-2-1-13-29-16)24(21(27)20(17)26)8-7-23-9-11-28-12-10-23/h1-6,13,18,25H,7-12H2/b19-17+/t18-/m1/s1. The summed E-state index contributed by atoms with van der Waals surface area (Å²) in [5.74, 6) is -1.33. The summed E-state index contributed by atoms with van der Waals surface area (Å²) in [6.07, 6.45) is 0. The monoisotopic (exact) mass is 476 g/mol. The van der Waals surface area contributed by atoms with E-state index in [-0.39, 0.29) is 11.3 Å². The molecule has 1 N–H and O–H groups in total. The number of hydrogen-bond acceptors (Lipinski definition) is 6. The van der Waals surface area contributed by atoms with Crippen molar-refractivity contribution in [3.63, 3.8) is 0 Å². The lowest BCUT2D eigenvalue weighted by molar-refractivity contribution is -0.140. The van der Waals surface area contributed by atoms with Crippen LogP contribution in [0.1, 0.15) is 16.5 Å². The number of thiophene rings is 1. The van der Waals surface area contributed by atoms with Gasteiger partial charge in [-0.1, -0.05) is 34.1 Å². The Labute approximate surface area is 181 Å². The fraction of sp³-hybridized carbons (Fsp3) is 0.333. The van der Waals surface area contributed by atoms with E-state index in [1.165, 1.54) is 11.3 Å². The Kier molecular flexibility index (Phi) is 6.15. The molecule has 2 fully saturated rings. The Morgan fingerprint density at radius 3 is 2.52 bits per heavy atom. The molecule has 29 heavy (non-hydrogen) atoms. The van der Waals surface area contributed by atoms with E-state index in [2.05, 4.69) is 20.8 Å². The molecule has 2 aliphatic heterocycles. The van der Waals surface area contributed by atoms with Crippen LogP contribution in [0.5, 0.6) is 0 Å². The zero-order valence-corrected chi connectivity index (χ0v) is 18.1.